The molecule has 0 aromatic heterocycles. The second-order valence-electron chi connectivity index (χ2n) is 3.01. The Hall–Kier alpha value is -0.380. The molecule has 0 saturated heterocycles. The predicted molar refractivity (Wildman–Crippen MR) is 44.9 cm³/mol. The van der Waals surface area contributed by atoms with Crippen molar-refractivity contribution in [1.29, 1.82) is 0 Å². The highest BCUT2D eigenvalue weighted by Crippen LogP contribution is 1.97. The Morgan fingerprint density at radius 1 is 1.40 bits per heavy atom. The van der Waals surface area contributed by atoms with Crippen molar-refractivity contribution < 1.29 is 4.79 Å². The van der Waals surface area contributed by atoms with Gasteiger partial charge in [-0.3, -0.25) is 4.72 Å². The van der Waals surface area contributed by atoms with Crippen LogP contribution in [0.3, 0.4) is 0 Å². The van der Waals surface area contributed by atoms with Crippen LogP contribution in [0.4, 0.5) is 4.79 Å². The fourth-order valence-corrected chi connectivity index (χ4v) is 0.695. The van der Waals surface area contributed by atoms with Gasteiger partial charge in [-0.1, -0.05) is 11.9 Å². The van der Waals surface area contributed by atoms with Gasteiger partial charge in [-0.25, -0.2) is 4.79 Å². The van der Waals surface area contributed by atoms with Crippen molar-refractivity contribution in [3.8, 4) is 0 Å². The molecule has 0 radical (unpaired) electrons. The van der Waals surface area contributed by atoms with E-state index in [1.807, 2.05) is 27.0 Å². The number of amides is 2. The van der Waals surface area contributed by atoms with E-state index in [0.29, 0.717) is 0 Å². The van der Waals surface area contributed by atoms with E-state index in [-0.39, 0.29) is 11.6 Å². The molecule has 0 bridgehead atoms. The normalized spacial score (nSPS) is 10.8. The molecule has 0 aliphatic heterocycles. The Balaban J connectivity index is 3.58. The quantitative estimate of drug-likeness (QED) is 0.572. The predicted octanol–water partition coefficient (Wildman–Crippen LogP) is 1.36. The van der Waals surface area contributed by atoms with E-state index in [4.69, 9.17) is 0 Å². The van der Waals surface area contributed by atoms with Crippen LogP contribution >= 0.6 is 11.9 Å². The number of carbonyl (C=O) groups excluding carboxylic acids is 1. The summed E-state index contributed by atoms with van der Waals surface area (Å²) in [6.45, 7) is 5.81. The minimum atomic E-state index is -0.153. The van der Waals surface area contributed by atoms with Gasteiger partial charge in [0.15, 0.2) is 0 Å². The standard InChI is InChI=1S/C6H14N2OS/c1-6(2,3)7-5(9)8-10-4/h1-4H3,(H2,7,8,9). The lowest BCUT2D eigenvalue weighted by Crippen LogP contribution is -2.44. The molecule has 0 atom stereocenters. The summed E-state index contributed by atoms with van der Waals surface area (Å²) >= 11 is 1.29. The molecule has 0 aromatic rings. The highest BCUT2D eigenvalue weighted by atomic mass is 32.2. The molecule has 0 rings (SSSR count). The maximum atomic E-state index is 10.8. The fraction of sp³-hybridized carbons (Fsp3) is 0.833. The molecular formula is C6H14N2OS. The highest BCUT2D eigenvalue weighted by Gasteiger charge is 2.12. The van der Waals surface area contributed by atoms with Crippen LogP contribution in [0.25, 0.3) is 0 Å². The Labute approximate surface area is 66.1 Å². The van der Waals surface area contributed by atoms with Crippen molar-refractivity contribution in [1.82, 2.24) is 10.0 Å². The number of nitrogens with one attached hydrogen (secondary N) is 2. The van der Waals surface area contributed by atoms with Gasteiger partial charge in [0.1, 0.15) is 0 Å². The third-order valence-electron chi connectivity index (χ3n) is 0.683. The summed E-state index contributed by atoms with van der Waals surface area (Å²) in [5.74, 6) is 0. The molecule has 10 heavy (non-hydrogen) atoms. The van der Waals surface area contributed by atoms with Crippen LogP contribution < -0.4 is 10.0 Å². The Morgan fingerprint density at radius 2 is 1.90 bits per heavy atom. The van der Waals surface area contributed by atoms with Crippen LogP contribution in [-0.2, 0) is 0 Å². The van der Waals surface area contributed by atoms with Crippen LogP contribution in [-0.4, -0.2) is 17.8 Å². The van der Waals surface area contributed by atoms with E-state index in [1.165, 1.54) is 11.9 Å². The third-order valence-corrected chi connectivity index (χ3v) is 1.07. The largest absolute Gasteiger partial charge is 0.333 e. The van der Waals surface area contributed by atoms with Crippen LogP contribution in [0.5, 0.6) is 0 Å². The van der Waals surface area contributed by atoms with Crippen molar-refractivity contribution in [3.05, 3.63) is 0 Å². The van der Waals surface area contributed by atoms with E-state index in [0.717, 1.165) is 0 Å². The zero-order valence-electron chi connectivity index (χ0n) is 6.82. The van der Waals surface area contributed by atoms with Crippen LogP contribution in [0.15, 0.2) is 0 Å². The minimum Gasteiger partial charge on any atom is -0.333 e. The summed E-state index contributed by atoms with van der Waals surface area (Å²) in [4.78, 5) is 10.8. The van der Waals surface area contributed by atoms with Crippen molar-refractivity contribution in [2.24, 2.45) is 0 Å². The third kappa shape index (κ3) is 5.75. The molecule has 2 amide bonds. The number of hydrogen-bond acceptors (Lipinski definition) is 2. The maximum absolute atomic E-state index is 10.8. The average Bonchev–Trinajstić information content (AvgIpc) is 1.59. The lowest BCUT2D eigenvalue weighted by atomic mass is 10.1. The molecule has 0 saturated carbocycles. The fourth-order valence-electron chi connectivity index (χ4n) is 0.459. The molecule has 0 heterocycles. The Bertz CT molecular complexity index is 119. The van der Waals surface area contributed by atoms with Crippen LogP contribution in [0.1, 0.15) is 20.8 Å². The van der Waals surface area contributed by atoms with Gasteiger partial charge in [0, 0.05) is 11.8 Å². The molecular weight excluding hydrogens is 148 g/mol. The number of rotatable bonds is 1. The molecule has 60 valence electrons. The van der Waals surface area contributed by atoms with Gasteiger partial charge in [-0.15, -0.1) is 0 Å². The van der Waals surface area contributed by atoms with Gasteiger partial charge in [-0.2, -0.15) is 0 Å². The summed E-state index contributed by atoms with van der Waals surface area (Å²) in [5.41, 5.74) is -0.153. The smallest absolute Gasteiger partial charge is 0.325 e. The molecule has 0 spiro atoms. The zero-order chi connectivity index (χ0) is 8.20. The van der Waals surface area contributed by atoms with E-state index in [9.17, 15) is 4.79 Å². The Kier molecular flexibility index (Phi) is 3.57. The van der Waals surface area contributed by atoms with E-state index in [1.54, 1.807) is 0 Å². The van der Waals surface area contributed by atoms with Crippen molar-refractivity contribution in [2.45, 2.75) is 26.3 Å². The van der Waals surface area contributed by atoms with E-state index >= 15 is 0 Å². The molecule has 3 nitrogen and oxygen atoms in total. The first-order valence-corrected chi connectivity index (χ1v) is 4.29. The number of carbonyl (C=O) groups is 1. The molecule has 0 unspecified atom stereocenters. The van der Waals surface area contributed by atoms with Gasteiger partial charge in [0.25, 0.3) is 0 Å². The number of urea groups is 1. The average molecular weight is 162 g/mol. The maximum Gasteiger partial charge on any atom is 0.325 e. The molecule has 0 fully saturated rings. The summed E-state index contributed by atoms with van der Waals surface area (Å²) in [7, 11) is 0. The van der Waals surface area contributed by atoms with Crippen molar-refractivity contribution in [3.63, 3.8) is 0 Å². The first-order valence-electron chi connectivity index (χ1n) is 3.07. The molecule has 2 N–H and O–H groups in total. The SMILES string of the molecule is CSNC(=O)NC(C)(C)C. The first kappa shape index (κ1) is 9.62. The lowest BCUT2D eigenvalue weighted by Gasteiger charge is -2.19. The molecule has 0 aromatic carbocycles. The molecule has 4 heteroatoms. The first-order chi connectivity index (χ1) is 4.45. The zero-order valence-corrected chi connectivity index (χ0v) is 7.63. The van der Waals surface area contributed by atoms with E-state index in [2.05, 4.69) is 10.0 Å². The highest BCUT2D eigenvalue weighted by molar-refractivity contribution is 7.97. The van der Waals surface area contributed by atoms with Crippen molar-refractivity contribution in [2.75, 3.05) is 6.26 Å². The summed E-state index contributed by atoms with van der Waals surface area (Å²) in [5, 5.41) is 2.75. The minimum absolute atomic E-state index is 0.139. The van der Waals surface area contributed by atoms with Crippen LogP contribution in [0, 0.1) is 0 Å². The summed E-state index contributed by atoms with van der Waals surface area (Å²) in [6.07, 6.45) is 1.81. The van der Waals surface area contributed by atoms with E-state index < -0.39 is 0 Å². The van der Waals surface area contributed by atoms with Gasteiger partial charge < -0.3 is 5.32 Å². The lowest BCUT2D eigenvalue weighted by molar-refractivity contribution is 0.238. The van der Waals surface area contributed by atoms with Gasteiger partial charge in [0.2, 0.25) is 0 Å². The topological polar surface area (TPSA) is 41.1 Å². The monoisotopic (exact) mass is 162 g/mol. The molecule has 0 aliphatic rings. The second kappa shape index (κ2) is 3.71. The Morgan fingerprint density at radius 3 is 2.20 bits per heavy atom. The second-order valence-corrected chi connectivity index (χ2v) is 3.62. The van der Waals surface area contributed by atoms with Crippen LogP contribution in [0.2, 0.25) is 0 Å². The van der Waals surface area contributed by atoms with Gasteiger partial charge >= 0.3 is 6.03 Å². The van der Waals surface area contributed by atoms with Gasteiger partial charge in [0.05, 0.1) is 0 Å². The molecule has 0 aliphatic carbocycles. The van der Waals surface area contributed by atoms with Gasteiger partial charge in [-0.05, 0) is 20.8 Å². The number of hydrogen-bond donors (Lipinski definition) is 2. The van der Waals surface area contributed by atoms with Crippen molar-refractivity contribution >= 4 is 18.0 Å². The summed E-state index contributed by atoms with van der Waals surface area (Å²) in [6, 6.07) is -0.139. The summed E-state index contributed by atoms with van der Waals surface area (Å²) < 4.78 is 2.57.